The Morgan fingerprint density at radius 2 is 2.07 bits per heavy atom. The topological polar surface area (TPSA) is 95.1 Å². The van der Waals surface area contributed by atoms with Crippen molar-refractivity contribution >= 4 is 22.9 Å². The predicted molar refractivity (Wildman–Crippen MR) is 106 cm³/mol. The fourth-order valence-electron chi connectivity index (χ4n) is 4.73. The van der Waals surface area contributed by atoms with Crippen LogP contribution in [-0.2, 0) is 7.05 Å². The number of aryl methyl sites for hydroxylation is 1. The van der Waals surface area contributed by atoms with Crippen molar-refractivity contribution in [2.24, 2.45) is 18.2 Å². The van der Waals surface area contributed by atoms with Crippen LogP contribution < -0.4 is 15.8 Å². The molecule has 7 nitrogen and oxygen atoms in total. The molecule has 3 N–H and O–H groups in total. The van der Waals surface area contributed by atoms with E-state index in [0.717, 1.165) is 31.2 Å². The van der Waals surface area contributed by atoms with Crippen molar-refractivity contribution in [2.45, 2.75) is 37.8 Å². The third-order valence-corrected chi connectivity index (χ3v) is 6.19. The quantitative estimate of drug-likeness (QED) is 0.692. The lowest BCUT2D eigenvalue weighted by Gasteiger charge is -2.57. The van der Waals surface area contributed by atoms with E-state index in [1.807, 2.05) is 17.7 Å². The number of benzene rings is 1. The minimum atomic E-state index is -0.533. The molecule has 2 aliphatic carbocycles. The van der Waals surface area contributed by atoms with Gasteiger partial charge in [0.1, 0.15) is 17.2 Å². The second-order valence-corrected chi connectivity index (χ2v) is 8.22. The van der Waals surface area contributed by atoms with Crippen LogP contribution in [0.15, 0.2) is 36.5 Å². The summed E-state index contributed by atoms with van der Waals surface area (Å²) in [5.74, 6) is 0.168. The molecule has 150 valence electrons. The molecule has 2 aromatic heterocycles. The van der Waals surface area contributed by atoms with Crippen LogP contribution in [0.5, 0.6) is 5.88 Å². The number of nitrogens with zero attached hydrogens (tertiary/aromatic N) is 3. The number of nitrogens with one attached hydrogen (secondary N) is 1. The summed E-state index contributed by atoms with van der Waals surface area (Å²) in [6, 6.07) is 8.60. The van der Waals surface area contributed by atoms with Gasteiger partial charge in [0.05, 0.1) is 5.52 Å². The Hall–Kier alpha value is -3.16. The Morgan fingerprint density at radius 1 is 1.28 bits per heavy atom. The maximum Gasteiger partial charge on any atom is 0.254 e. The van der Waals surface area contributed by atoms with Gasteiger partial charge in [0.2, 0.25) is 11.8 Å². The van der Waals surface area contributed by atoms with Crippen LogP contribution >= 0.6 is 0 Å². The van der Waals surface area contributed by atoms with Crippen LogP contribution in [-0.4, -0.2) is 32.6 Å². The van der Waals surface area contributed by atoms with Crippen molar-refractivity contribution in [3.8, 4) is 5.88 Å². The minimum Gasteiger partial charge on any atom is -0.474 e. The SMILES string of the molecule is Cn1c(NC2CC3(C2)CC(Oc2ncccc2C(N)=O)C3)nc2c(F)cccc21. The number of carbonyl (C=O) groups excluding carboxylic acids is 1. The van der Waals surface area contributed by atoms with Gasteiger partial charge in [-0.2, -0.15) is 0 Å². The van der Waals surface area contributed by atoms with Gasteiger partial charge in [0.25, 0.3) is 5.91 Å². The number of carbonyl (C=O) groups is 1. The van der Waals surface area contributed by atoms with Crippen molar-refractivity contribution < 1.29 is 13.9 Å². The normalized spacial score (nSPS) is 25.4. The van der Waals surface area contributed by atoms with E-state index in [9.17, 15) is 9.18 Å². The molecule has 8 heteroatoms. The third-order valence-electron chi connectivity index (χ3n) is 6.19. The molecule has 1 spiro atoms. The number of amides is 1. The van der Waals surface area contributed by atoms with Crippen molar-refractivity contribution in [1.82, 2.24) is 14.5 Å². The lowest BCUT2D eigenvalue weighted by Crippen LogP contribution is -2.56. The van der Waals surface area contributed by atoms with Crippen molar-refractivity contribution in [3.63, 3.8) is 0 Å². The van der Waals surface area contributed by atoms with E-state index in [0.29, 0.717) is 29.0 Å². The van der Waals surface area contributed by atoms with Gasteiger partial charge in [-0.05, 0) is 55.4 Å². The number of anilines is 1. The summed E-state index contributed by atoms with van der Waals surface area (Å²) < 4.78 is 21.7. The molecule has 0 saturated heterocycles. The van der Waals surface area contributed by atoms with Gasteiger partial charge >= 0.3 is 0 Å². The lowest BCUT2D eigenvalue weighted by molar-refractivity contribution is -0.0760. The molecule has 2 aliphatic rings. The number of para-hydroxylation sites is 1. The van der Waals surface area contributed by atoms with Gasteiger partial charge in [-0.1, -0.05) is 6.07 Å². The standard InChI is InChI=1S/C21H22FN5O2/c1-27-16-6-2-5-15(22)17(16)26-20(27)25-12-8-21(9-12)10-13(11-21)29-19-14(18(23)28)4-3-7-24-19/h2-7,12-13H,8-11H2,1H3,(H2,23,28)(H,25,26). The summed E-state index contributed by atoms with van der Waals surface area (Å²) in [5, 5.41) is 3.45. The molecule has 2 heterocycles. The number of hydrogen-bond donors (Lipinski definition) is 2. The number of nitrogens with two attached hydrogens (primary N) is 1. The average Bonchev–Trinajstić information content (AvgIpc) is 2.96. The number of primary amides is 1. The van der Waals surface area contributed by atoms with E-state index < -0.39 is 5.91 Å². The van der Waals surface area contributed by atoms with Gasteiger partial charge in [0, 0.05) is 19.3 Å². The first-order chi connectivity index (χ1) is 13.9. The number of rotatable bonds is 5. The Balaban J connectivity index is 1.19. The van der Waals surface area contributed by atoms with Crippen molar-refractivity contribution in [3.05, 3.63) is 47.9 Å². The fourth-order valence-corrected chi connectivity index (χ4v) is 4.73. The molecular formula is C21H22FN5O2. The van der Waals surface area contributed by atoms with Crippen LogP contribution in [0, 0.1) is 11.2 Å². The van der Waals surface area contributed by atoms with E-state index >= 15 is 0 Å². The minimum absolute atomic E-state index is 0.0498. The molecule has 5 rings (SSSR count). The number of halogens is 1. The second-order valence-electron chi connectivity index (χ2n) is 8.22. The molecule has 0 unspecified atom stereocenters. The van der Waals surface area contributed by atoms with E-state index in [-0.39, 0.29) is 17.3 Å². The van der Waals surface area contributed by atoms with Gasteiger partial charge in [0.15, 0.2) is 5.82 Å². The first-order valence-electron chi connectivity index (χ1n) is 9.73. The zero-order valence-electron chi connectivity index (χ0n) is 16.1. The molecule has 1 aromatic carbocycles. The number of fused-ring (bicyclic) bond motifs is 1. The Labute approximate surface area is 167 Å². The van der Waals surface area contributed by atoms with Crippen LogP contribution in [0.25, 0.3) is 11.0 Å². The number of imidazole rings is 1. The maximum absolute atomic E-state index is 13.9. The molecule has 1 amide bonds. The average molecular weight is 395 g/mol. The van der Waals surface area contributed by atoms with E-state index in [1.54, 1.807) is 24.4 Å². The summed E-state index contributed by atoms with van der Waals surface area (Å²) in [5.41, 5.74) is 7.13. The number of hydrogen-bond acceptors (Lipinski definition) is 5. The highest BCUT2D eigenvalue weighted by Crippen LogP contribution is 2.57. The number of aromatic nitrogens is 3. The lowest BCUT2D eigenvalue weighted by atomic mass is 9.53. The van der Waals surface area contributed by atoms with Crippen LogP contribution in [0.3, 0.4) is 0 Å². The van der Waals surface area contributed by atoms with E-state index in [2.05, 4.69) is 15.3 Å². The molecule has 0 bridgehead atoms. The summed E-state index contributed by atoms with van der Waals surface area (Å²) in [6.45, 7) is 0. The monoisotopic (exact) mass is 395 g/mol. The molecule has 3 aromatic rings. The third kappa shape index (κ3) is 2.99. The van der Waals surface area contributed by atoms with Crippen LogP contribution in [0.2, 0.25) is 0 Å². The highest BCUT2D eigenvalue weighted by Gasteiger charge is 2.54. The van der Waals surface area contributed by atoms with Gasteiger partial charge in [-0.25, -0.2) is 14.4 Å². The molecular weight excluding hydrogens is 373 g/mol. The molecule has 2 fully saturated rings. The second kappa shape index (κ2) is 6.43. The number of ether oxygens (including phenoxy) is 1. The van der Waals surface area contributed by atoms with Gasteiger partial charge in [-0.15, -0.1) is 0 Å². The van der Waals surface area contributed by atoms with Gasteiger partial charge in [-0.3, -0.25) is 4.79 Å². The van der Waals surface area contributed by atoms with Crippen molar-refractivity contribution in [1.29, 1.82) is 0 Å². The Bertz CT molecular complexity index is 1100. The highest BCUT2D eigenvalue weighted by atomic mass is 19.1. The Kier molecular flexibility index (Phi) is 3.97. The number of pyridine rings is 1. The summed E-state index contributed by atoms with van der Waals surface area (Å²) in [4.78, 5) is 20.1. The molecule has 2 saturated carbocycles. The first-order valence-corrected chi connectivity index (χ1v) is 9.73. The van der Waals surface area contributed by atoms with Crippen molar-refractivity contribution in [2.75, 3.05) is 5.32 Å². The highest BCUT2D eigenvalue weighted by molar-refractivity contribution is 5.94. The van der Waals surface area contributed by atoms with Crippen LogP contribution in [0.1, 0.15) is 36.0 Å². The fraction of sp³-hybridized carbons (Fsp3) is 0.381. The Morgan fingerprint density at radius 3 is 2.79 bits per heavy atom. The molecule has 29 heavy (non-hydrogen) atoms. The van der Waals surface area contributed by atoms with Crippen LogP contribution in [0.4, 0.5) is 10.3 Å². The summed E-state index contributed by atoms with van der Waals surface area (Å²) >= 11 is 0. The van der Waals surface area contributed by atoms with E-state index in [4.69, 9.17) is 10.5 Å². The first kappa shape index (κ1) is 17.9. The zero-order valence-corrected chi connectivity index (χ0v) is 16.1. The molecule has 0 radical (unpaired) electrons. The largest absolute Gasteiger partial charge is 0.474 e. The zero-order chi connectivity index (χ0) is 20.2. The summed E-state index contributed by atoms with van der Waals surface area (Å²) in [6.07, 6.45) is 5.54. The molecule has 0 atom stereocenters. The van der Waals surface area contributed by atoms with E-state index in [1.165, 1.54) is 6.07 Å². The smallest absolute Gasteiger partial charge is 0.254 e. The molecule has 0 aliphatic heterocycles. The maximum atomic E-state index is 13.9. The summed E-state index contributed by atoms with van der Waals surface area (Å²) in [7, 11) is 1.89. The van der Waals surface area contributed by atoms with Gasteiger partial charge < -0.3 is 20.4 Å². The predicted octanol–water partition coefficient (Wildman–Crippen LogP) is 3.01.